The SMILES string of the molecule is C[C@@H](CNC(=O)[C@H](C)N(c1ccc(F)cc1)S(C)(=O)=O)c1ccccc1. The fourth-order valence-electron chi connectivity index (χ4n) is 2.70. The van der Waals surface area contributed by atoms with Crippen molar-refractivity contribution in [3.63, 3.8) is 0 Å². The highest BCUT2D eigenvalue weighted by molar-refractivity contribution is 7.92. The van der Waals surface area contributed by atoms with E-state index in [1.54, 1.807) is 0 Å². The Morgan fingerprint density at radius 1 is 1.08 bits per heavy atom. The molecular weight excluding hydrogens is 355 g/mol. The molecule has 26 heavy (non-hydrogen) atoms. The van der Waals surface area contributed by atoms with Gasteiger partial charge in [-0.1, -0.05) is 37.3 Å². The van der Waals surface area contributed by atoms with Crippen molar-refractivity contribution in [1.29, 1.82) is 0 Å². The lowest BCUT2D eigenvalue weighted by Gasteiger charge is -2.28. The van der Waals surface area contributed by atoms with Gasteiger partial charge in [-0.2, -0.15) is 0 Å². The first kappa shape index (κ1) is 19.9. The van der Waals surface area contributed by atoms with E-state index in [2.05, 4.69) is 5.32 Å². The number of nitrogens with one attached hydrogen (secondary N) is 1. The molecule has 0 aliphatic carbocycles. The van der Waals surface area contributed by atoms with Crippen molar-refractivity contribution in [1.82, 2.24) is 5.32 Å². The first-order valence-corrected chi connectivity index (χ1v) is 10.1. The molecular formula is C19H23FN2O3S. The smallest absolute Gasteiger partial charge is 0.243 e. The number of anilines is 1. The first-order valence-electron chi connectivity index (χ1n) is 8.27. The normalized spacial score (nSPS) is 13.7. The second-order valence-electron chi connectivity index (χ2n) is 6.27. The van der Waals surface area contributed by atoms with Crippen molar-refractivity contribution in [2.45, 2.75) is 25.8 Å². The standard InChI is InChI=1S/C19H23FN2O3S/c1-14(16-7-5-4-6-8-16)13-21-19(23)15(2)22(26(3,24)25)18-11-9-17(20)10-12-18/h4-12,14-15H,13H2,1-3H3,(H,21,23)/t14-,15-/m0/s1. The third-order valence-electron chi connectivity index (χ3n) is 4.12. The second kappa shape index (κ2) is 8.31. The Hall–Kier alpha value is -2.41. The maximum absolute atomic E-state index is 13.1. The van der Waals surface area contributed by atoms with Crippen LogP contribution in [0.5, 0.6) is 0 Å². The summed E-state index contributed by atoms with van der Waals surface area (Å²) in [5.41, 5.74) is 1.33. The molecule has 0 radical (unpaired) electrons. The summed E-state index contributed by atoms with van der Waals surface area (Å²) in [6, 6.07) is 13.8. The number of benzene rings is 2. The average molecular weight is 378 g/mol. The van der Waals surface area contributed by atoms with E-state index in [1.165, 1.54) is 19.1 Å². The molecule has 1 N–H and O–H groups in total. The van der Waals surface area contributed by atoms with E-state index >= 15 is 0 Å². The molecule has 0 saturated carbocycles. The number of amides is 1. The zero-order chi connectivity index (χ0) is 19.3. The molecule has 2 rings (SSSR count). The van der Waals surface area contributed by atoms with Crippen LogP contribution in [0, 0.1) is 5.82 Å². The van der Waals surface area contributed by atoms with Crippen molar-refractivity contribution in [2.24, 2.45) is 0 Å². The molecule has 0 aliphatic rings. The molecule has 5 nitrogen and oxygen atoms in total. The third kappa shape index (κ3) is 5.05. The van der Waals surface area contributed by atoms with E-state index in [9.17, 15) is 17.6 Å². The molecule has 0 saturated heterocycles. The van der Waals surface area contributed by atoms with Gasteiger partial charge in [-0.15, -0.1) is 0 Å². The number of sulfonamides is 1. The van der Waals surface area contributed by atoms with Gasteiger partial charge in [-0.25, -0.2) is 12.8 Å². The van der Waals surface area contributed by atoms with Crippen LogP contribution in [0.15, 0.2) is 54.6 Å². The molecule has 1 amide bonds. The first-order chi connectivity index (χ1) is 12.2. The summed E-state index contributed by atoms with van der Waals surface area (Å²) in [6.45, 7) is 3.87. The van der Waals surface area contributed by atoms with Gasteiger partial charge >= 0.3 is 0 Å². The van der Waals surface area contributed by atoms with Crippen molar-refractivity contribution in [2.75, 3.05) is 17.1 Å². The van der Waals surface area contributed by atoms with E-state index in [0.29, 0.717) is 6.54 Å². The quantitative estimate of drug-likeness (QED) is 0.806. The minimum absolute atomic E-state index is 0.0878. The minimum atomic E-state index is -3.72. The van der Waals surface area contributed by atoms with E-state index in [-0.39, 0.29) is 11.6 Å². The maximum atomic E-state index is 13.1. The van der Waals surface area contributed by atoms with Gasteiger partial charge in [0.15, 0.2) is 0 Å². The number of rotatable bonds is 7. The lowest BCUT2D eigenvalue weighted by molar-refractivity contribution is -0.121. The van der Waals surface area contributed by atoms with Crippen LogP contribution in [-0.2, 0) is 14.8 Å². The molecule has 2 aromatic carbocycles. The van der Waals surface area contributed by atoms with Crippen LogP contribution in [-0.4, -0.2) is 33.2 Å². The van der Waals surface area contributed by atoms with Gasteiger partial charge in [0.1, 0.15) is 11.9 Å². The topological polar surface area (TPSA) is 66.5 Å². The Morgan fingerprint density at radius 3 is 2.19 bits per heavy atom. The van der Waals surface area contributed by atoms with Gasteiger partial charge in [0.25, 0.3) is 0 Å². The number of halogens is 1. The average Bonchev–Trinajstić information content (AvgIpc) is 2.60. The summed E-state index contributed by atoms with van der Waals surface area (Å²) in [6.07, 6.45) is 1.02. The summed E-state index contributed by atoms with van der Waals surface area (Å²) in [5.74, 6) is -0.802. The molecule has 7 heteroatoms. The Kier molecular flexibility index (Phi) is 6.37. The fraction of sp³-hybridized carbons (Fsp3) is 0.316. The van der Waals surface area contributed by atoms with E-state index in [0.717, 1.165) is 28.3 Å². The van der Waals surface area contributed by atoms with Crippen LogP contribution in [0.3, 0.4) is 0 Å². The van der Waals surface area contributed by atoms with Gasteiger partial charge < -0.3 is 5.32 Å². The highest BCUT2D eigenvalue weighted by atomic mass is 32.2. The Morgan fingerprint density at radius 2 is 1.65 bits per heavy atom. The van der Waals surface area contributed by atoms with Crippen molar-refractivity contribution in [3.8, 4) is 0 Å². The zero-order valence-electron chi connectivity index (χ0n) is 15.0. The van der Waals surface area contributed by atoms with Gasteiger partial charge in [-0.05, 0) is 42.7 Å². The Bertz CT molecular complexity index is 839. The zero-order valence-corrected chi connectivity index (χ0v) is 15.8. The highest BCUT2D eigenvalue weighted by Crippen LogP contribution is 2.21. The van der Waals surface area contributed by atoms with Crippen molar-refractivity contribution >= 4 is 21.6 Å². The van der Waals surface area contributed by atoms with Crippen LogP contribution in [0.25, 0.3) is 0 Å². The van der Waals surface area contributed by atoms with Gasteiger partial charge in [0.05, 0.1) is 11.9 Å². The number of carbonyl (C=O) groups excluding carboxylic acids is 1. The molecule has 2 atom stereocenters. The predicted molar refractivity (Wildman–Crippen MR) is 101 cm³/mol. The van der Waals surface area contributed by atoms with Crippen molar-refractivity contribution in [3.05, 3.63) is 66.0 Å². The van der Waals surface area contributed by atoms with Crippen LogP contribution in [0.2, 0.25) is 0 Å². The number of carbonyl (C=O) groups is 1. The summed E-state index contributed by atoms with van der Waals surface area (Å²) in [5, 5.41) is 2.80. The molecule has 0 bridgehead atoms. The maximum Gasteiger partial charge on any atom is 0.243 e. The van der Waals surface area contributed by atoms with Gasteiger partial charge in [0.2, 0.25) is 15.9 Å². The molecule has 140 valence electrons. The van der Waals surface area contributed by atoms with Gasteiger partial charge in [0, 0.05) is 6.54 Å². The molecule has 0 unspecified atom stereocenters. The number of hydrogen-bond donors (Lipinski definition) is 1. The summed E-state index contributed by atoms with van der Waals surface area (Å²) < 4.78 is 38.5. The monoisotopic (exact) mass is 378 g/mol. The van der Waals surface area contributed by atoms with Gasteiger partial charge in [-0.3, -0.25) is 9.10 Å². The molecule has 0 aromatic heterocycles. The van der Waals surface area contributed by atoms with Crippen LogP contribution < -0.4 is 9.62 Å². The Balaban J connectivity index is 2.11. The predicted octanol–water partition coefficient (Wildman–Crippen LogP) is 2.90. The largest absolute Gasteiger partial charge is 0.354 e. The van der Waals surface area contributed by atoms with E-state index in [4.69, 9.17) is 0 Å². The summed E-state index contributed by atoms with van der Waals surface area (Å²) in [7, 11) is -3.72. The van der Waals surface area contributed by atoms with Crippen LogP contribution >= 0.6 is 0 Å². The van der Waals surface area contributed by atoms with Crippen molar-refractivity contribution < 1.29 is 17.6 Å². The summed E-state index contributed by atoms with van der Waals surface area (Å²) >= 11 is 0. The summed E-state index contributed by atoms with van der Waals surface area (Å²) in [4.78, 5) is 12.5. The lowest BCUT2D eigenvalue weighted by Crippen LogP contribution is -2.48. The van der Waals surface area contributed by atoms with E-state index < -0.39 is 27.8 Å². The minimum Gasteiger partial charge on any atom is -0.354 e. The number of nitrogens with zero attached hydrogens (tertiary/aromatic N) is 1. The highest BCUT2D eigenvalue weighted by Gasteiger charge is 2.29. The molecule has 0 spiro atoms. The molecule has 0 aliphatic heterocycles. The second-order valence-corrected chi connectivity index (χ2v) is 8.13. The number of hydrogen-bond acceptors (Lipinski definition) is 3. The molecule has 0 fully saturated rings. The Labute approximate surface area is 153 Å². The molecule has 0 heterocycles. The van der Waals surface area contributed by atoms with E-state index in [1.807, 2.05) is 37.3 Å². The lowest BCUT2D eigenvalue weighted by atomic mass is 10.0. The van der Waals surface area contributed by atoms with Crippen LogP contribution in [0.1, 0.15) is 25.3 Å². The third-order valence-corrected chi connectivity index (χ3v) is 5.36. The molecule has 2 aromatic rings. The fourth-order valence-corrected chi connectivity index (χ4v) is 3.87. The van der Waals surface area contributed by atoms with Crippen LogP contribution in [0.4, 0.5) is 10.1 Å².